The molecule has 6 nitrogen and oxygen atoms in total. The van der Waals surface area contributed by atoms with Crippen molar-refractivity contribution in [3.63, 3.8) is 0 Å². The molecule has 0 bridgehead atoms. The standard InChI is InChI=1S/C20H30BN2O4/c1-4-5-10-26-18-8-6-16(7-9-18)12-19(21-27-14-22)20(25)23-17(13-24)11-15(2)3/h4,6-9,13,15,17,19H,1,5,10-12,14,22H2,2-3H3,(H,23,25)/t17-,19-/m0/s1. The van der Waals surface area contributed by atoms with E-state index in [-0.39, 0.29) is 12.6 Å². The van der Waals surface area contributed by atoms with Crippen molar-refractivity contribution >= 4 is 19.7 Å². The predicted molar refractivity (Wildman–Crippen MR) is 108 cm³/mol. The molecule has 1 rings (SSSR count). The molecular formula is C20H30BN2O4. The second-order valence-electron chi connectivity index (χ2n) is 6.73. The van der Waals surface area contributed by atoms with E-state index >= 15 is 0 Å². The van der Waals surface area contributed by atoms with Gasteiger partial charge in [0.15, 0.2) is 0 Å². The number of hydrogen-bond acceptors (Lipinski definition) is 5. The molecule has 0 heterocycles. The van der Waals surface area contributed by atoms with Crippen LogP contribution in [-0.2, 0) is 20.7 Å². The number of amides is 1. The van der Waals surface area contributed by atoms with Crippen LogP contribution in [0.4, 0.5) is 0 Å². The van der Waals surface area contributed by atoms with Crippen LogP contribution < -0.4 is 15.8 Å². The summed E-state index contributed by atoms with van der Waals surface area (Å²) in [4.78, 5) is 23.8. The first-order chi connectivity index (χ1) is 13.0. The number of carbonyl (C=O) groups excluding carboxylic acids is 2. The number of ether oxygens (including phenoxy) is 1. The third kappa shape index (κ3) is 9.40. The van der Waals surface area contributed by atoms with Crippen molar-refractivity contribution in [1.82, 2.24) is 5.32 Å². The molecule has 0 spiro atoms. The van der Waals surface area contributed by atoms with E-state index in [2.05, 4.69) is 11.9 Å². The highest BCUT2D eigenvalue weighted by Crippen LogP contribution is 2.18. The fourth-order valence-electron chi connectivity index (χ4n) is 2.56. The van der Waals surface area contributed by atoms with Gasteiger partial charge in [0, 0.05) is 5.82 Å². The van der Waals surface area contributed by atoms with Gasteiger partial charge in [-0.15, -0.1) is 6.58 Å². The van der Waals surface area contributed by atoms with Crippen molar-refractivity contribution in [3.05, 3.63) is 42.5 Å². The first-order valence-corrected chi connectivity index (χ1v) is 9.23. The molecule has 7 heteroatoms. The van der Waals surface area contributed by atoms with E-state index in [0.717, 1.165) is 24.0 Å². The highest BCUT2D eigenvalue weighted by atomic mass is 16.5. The maximum atomic E-state index is 12.6. The lowest BCUT2D eigenvalue weighted by atomic mass is 9.75. The lowest BCUT2D eigenvalue weighted by Crippen LogP contribution is -2.41. The van der Waals surface area contributed by atoms with Crippen molar-refractivity contribution in [2.24, 2.45) is 11.7 Å². The molecule has 3 N–H and O–H groups in total. The van der Waals surface area contributed by atoms with Crippen LogP contribution in [0.3, 0.4) is 0 Å². The van der Waals surface area contributed by atoms with E-state index < -0.39 is 11.9 Å². The Hall–Kier alpha value is -2.12. The summed E-state index contributed by atoms with van der Waals surface area (Å²) < 4.78 is 10.7. The quantitative estimate of drug-likeness (QED) is 0.172. The Bertz CT molecular complexity index is 578. The average Bonchev–Trinajstić information content (AvgIpc) is 2.65. The number of benzene rings is 1. The van der Waals surface area contributed by atoms with Crippen LogP contribution in [0.2, 0.25) is 5.82 Å². The zero-order valence-electron chi connectivity index (χ0n) is 16.2. The Morgan fingerprint density at radius 2 is 2.04 bits per heavy atom. The minimum absolute atomic E-state index is 0.0109. The smallest absolute Gasteiger partial charge is 0.307 e. The molecule has 147 valence electrons. The maximum absolute atomic E-state index is 12.6. The van der Waals surface area contributed by atoms with E-state index in [1.807, 2.05) is 38.1 Å². The SMILES string of the molecule is C=CCCOc1ccc(C[C@H]([B]OCN)C(=O)N[C@H](C=O)CC(C)C)cc1. The highest BCUT2D eigenvalue weighted by molar-refractivity contribution is 6.37. The maximum Gasteiger partial charge on any atom is 0.307 e. The lowest BCUT2D eigenvalue weighted by molar-refractivity contribution is -0.124. The van der Waals surface area contributed by atoms with Crippen LogP contribution in [0.1, 0.15) is 32.3 Å². The normalized spacial score (nSPS) is 12.9. The topological polar surface area (TPSA) is 90.7 Å². The van der Waals surface area contributed by atoms with Gasteiger partial charge in [0.05, 0.1) is 19.4 Å². The molecule has 0 aliphatic heterocycles. The Balaban J connectivity index is 2.71. The van der Waals surface area contributed by atoms with Crippen molar-refractivity contribution in [3.8, 4) is 5.75 Å². The molecule has 0 unspecified atom stereocenters. The zero-order valence-corrected chi connectivity index (χ0v) is 16.2. The molecule has 0 aromatic heterocycles. The summed E-state index contributed by atoms with van der Waals surface area (Å²) in [5.74, 6) is 0.266. The Kier molecular flexibility index (Phi) is 11.1. The van der Waals surface area contributed by atoms with E-state index in [1.165, 1.54) is 7.48 Å². The molecule has 0 fully saturated rings. The van der Waals surface area contributed by atoms with Crippen LogP contribution in [0.25, 0.3) is 0 Å². The molecule has 0 aliphatic carbocycles. The van der Waals surface area contributed by atoms with Gasteiger partial charge in [-0.25, -0.2) is 0 Å². The number of nitrogens with one attached hydrogen (secondary N) is 1. The van der Waals surface area contributed by atoms with Gasteiger partial charge >= 0.3 is 7.48 Å². The van der Waals surface area contributed by atoms with E-state index in [1.54, 1.807) is 6.08 Å². The minimum atomic E-state index is -0.546. The fourth-order valence-corrected chi connectivity index (χ4v) is 2.56. The summed E-state index contributed by atoms with van der Waals surface area (Å²) in [6.07, 6.45) is 4.39. The molecule has 1 aromatic carbocycles. The number of hydrogen-bond donors (Lipinski definition) is 2. The molecule has 0 aliphatic rings. The molecular weight excluding hydrogens is 343 g/mol. The van der Waals surface area contributed by atoms with Crippen molar-refractivity contribution in [1.29, 1.82) is 0 Å². The largest absolute Gasteiger partial charge is 0.493 e. The first kappa shape index (κ1) is 22.9. The van der Waals surface area contributed by atoms with Crippen molar-refractivity contribution in [2.45, 2.75) is 45.0 Å². The summed E-state index contributed by atoms with van der Waals surface area (Å²) in [6.45, 7) is 8.23. The van der Waals surface area contributed by atoms with Gasteiger partial charge in [0.25, 0.3) is 0 Å². The summed E-state index contributed by atoms with van der Waals surface area (Å²) in [5.41, 5.74) is 6.33. The van der Waals surface area contributed by atoms with Gasteiger partial charge in [-0.1, -0.05) is 32.1 Å². The Morgan fingerprint density at radius 3 is 2.59 bits per heavy atom. The second-order valence-corrected chi connectivity index (χ2v) is 6.73. The van der Waals surface area contributed by atoms with Crippen LogP contribution in [0.15, 0.2) is 36.9 Å². The third-order valence-corrected chi connectivity index (χ3v) is 3.88. The monoisotopic (exact) mass is 373 g/mol. The van der Waals surface area contributed by atoms with Crippen LogP contribution in [0.5, 0.6) is 5.75 Å². The van der Waals surface area contributed by atoms with Crippen molar-refractivity contribution in [2.75, 3.05) is 13.3 Å². The minimum Gasteiger partial charge on any atom is -0.493 e. The van der Waals surface area contributed by atoms with Gasteiger partial charge in [-0.05, 0) is 42.9 Å². The molecule has 0 saturated heterocycles. The van der Waals surface area contributed by atoms with Crippen molar-refractivity contribution < 1.29 is 19.0 Å². The second kappa shape index (κ2) is 13.1. The number of nitrogens with two attached hydrogens (primary N) is 1. The third-order valence-electron chi connectivity index (χ3n) is 3.88. The summed E-state index contributed by atoms with van der Waals surface area (Å²) in [5, 5.41) is 2.78. The van der Waals surface area contributed by atoms with Gasteiger partial charge in [-0.3, -0.25) is 4.79 Å². The van der Waals surface area contributed by atoms with Crippen LogP contribution in [0, 0.1) is 5.92 Å². The average molecular weight is 373 g/mol. The molecule has 2 atom stereocenters. The van der Waals surface area contributed by atoms with Gasteiger partial charge in [0.1, 0.15) is 12.0 Å². The molecule has 1 amide bonds. The zero-order chi connectivity index (χ0) is 20.1. The molecule has 0 saturated carbocycles. The van der Waals surface area contributed by atoms with Gasteiger partial charge in [0.2, 0.25) is 5.91 Å². The number of aldehydes is 1. The summed E-state index contributed by atoms with van der Waals surface area (Å²) in [7, 11) is 1.43. The number of rotatable bonds is 14. The van der Waals surface area contributed by atoms with E-state index in [0.29, 0.717) is 25.4 Å². The van der Waals surface area contributed by atoms with Crippen LogP contribution >= 0.6 is 0 Å². The summed E-state index contributed by atoms with van der Waals surface area (Å²) in [6, 6.07) is 7.04. The molecule has 1 radical (unpaired) electrons. The molecule has 27 heavy (non-hydrogen) atoms. The summed E-state index contributed by atoms with van der Waals surface area (Å²) >= 11 is 0. The highest BCUT2D eigenvalue weighted by Gasteiger charge is 2.24. The van der Waals surface area contributed by atoms with Gasteiger partial charge < -0.3 is 25.2 Å². The van der Waals surface area contributed by atoms with E-state index in [9.17, 15) is 9.59 Å². The lowest BCUT2D eigenvalue weighted by Gasteiger charge is -2.20. The Labute approximate surface area is 162 Å². The van der Waals surface area contributed by atoms with E-state index in [4.69, 9.17) is 15.1 Å². The van der Waals surface area contributed by atoms with Gasteiger partial charge in [-0.2, -0.15) is 0 Å². The number of carbonyl (C=O) groups is 2. The Morgan fingerprint density at radius 1 is 1.33 bits per heavy atom. The molecule has 1 aromatic rings. The predicted octanol–water partition coefficient (Wildman–Crippen LogP) is 2.25. The first-order valence-electron chi connectivity index (χ1n) is 9.23. The van der Waals surface area contributed by atoms with Crippen LogP contribution in [-0.4, -0.2) is 39.1 Å². The fraction of sp³-hybridized carbons (Fsp3) is 0.500.